The summed E-state index contributed by atoms with van der Waals surface area (Å²) in [5.41, 5.74) is 0.895. The van der Waals surface area contributed by atoms with Gasteiger partial charge in [-0.05, 0) is 25.8 Å². The molecule has 0 fully saturated rings. The molecule has 1 aromatic carbocycles. The summed E-state index contributed by atoms with van der Waals surface area (Å²) in [5, 5.41) is 6.32. The summed E-state index contributed by atoms with van der Waals surface area (Å²) in [5.74, 6) is 1.08. The lowest BCUT2D eigenvalue weighted by molar-refractivity contribution is 0.234. The first-order chi connectivity index (χ1) is 10.5. The Kier molecular flexibility index (Phi) is 6.08. The summed E-state index contributed by atoms with van der Waals surface area (Å²) in [7, 11) is -0.941. The summed E-state index contributed by atoms with van der Waals surface area (Å²) in [6, 6.07) is 4.99. The Bertz CT molecular complexity index is 568. The van der Waals surface area contributed by atoms with Crippen molar-refractivity contribution in [2.45, 2.75) is 31.8 Å². The Morgan fingerprint density at radius 3 is 3.05 bits per heavy atom. The number of para-hydroxylation sites is 1. The Morgan fingerprint density at radius 2 is 2.32 bits per heavy atom. The van der Waals surface area contributed by atoms with Crippen molar-refractivity contribution >= 4 is 28.4 Å². The van der Waals surface area contributed by atoms with Gasteiger partial charge in [0.2, 0.25) is 0 Å². The van der Waals surface area contributed by atoms with Crippen molar-refractivity contribution in [3.05, 3.63) is 28.8 Å². The first-order valence-corrected chi connectivity index (χ1v) is 9.36. The van der Waals surface area contributed by atoms with E-state index in [-0.39, 0.29) is 18.1 Å². The van der Waals surface area contributed by atoms with Crippen LogP contribution < -0.4 is 15.4 Å². The van der Waals surface area contributed by atoms with Gasteiger partial charge in [-0.25, -0.2) is 4.79 Å². The molecular weight excluding hydrogens is 324 g/mol. The predicted molar refractivity (Wildman–Crippen MR) is 89.0 cm³/mol. The zero-order chi connectivity index (χ0) is 16.1. The second kappa shape index (κ2) is 7.83. The predicted octanol–water partition coefficient (Wildman–Crippen LogP) is 2.62. The molecule has 0 aliphatic carbocycles. The fraction of sp³-hybridized carbons (Fsp3) is 0.533. The molecule has 2 rings (SSSR count). The quantitative estimate of drug-likeness (QED) is 0.882. The van der Waals surface area contributed by atoms with E-state index in [1.165, 1.54) is 0 Å². The normalized spacial score (nSPS) is 20.0. The maximum atomic E-state index is 12.1. The summed E-state index contributed by atoms with van der Waals surface area (Å²) in [6.45, 7) is 2.42. The Balaban J connectivity index is 2.05. The molecule has 0 aromatic heterocycles. The van der Waals surface area contributed by atoms with Gasteiger partial charge in [0.15, 0.2) is 0 Å². The van der Waals surface area contributed by atoms with Gasteiger partial charge in [0, 0.05) is 34.4 Å². The fourth-order valence-electron chi connectivity index (χ4n) is 2.54. The summed E-state index contributed by atoms with van der Waals surface area (Å²) >= 11 is 6.17. The van der Waals surface area contributed by atoms with Gasteiger partial charge in [0.1, 0.15) is 5.75 Å². The topological polar surface area (TPSA) is 67.4 Å². The molecule has 0 saturated heterocycles. The lowest BCUT2D eigenvalue weighted by Crippen LogP contribution is -2.44. The van der Waals surface area contributed by atoms with Gasteiger partial charge in [-0.2, -0.15) is 0 Å². The van der Waals surface area contributed by atoms with Crippen LogP contribution in [0.15, 0.2) is 18.2 Å². The number of benzene rings is 1. The van der Waals surface area contributed by atoms with Gasteiger partial charge in [-0.1, -0.05) is 23.7 Å². The largest absolute Gasteiger partial charge is 0.492 e. The van der Waals surface area contributed by atoms with E-state index in [0.717, 1.165) is 18.4 Å². The molecule has 1 aliphatic rings. The van der Waals surface area contributed by atoms with Gasteiger partial charge < -0.3 is 15.4 Å². The molecular formula is C15H21ClN2O3S. The first kappa shape index (κ1) is 17.1. The second-order valence-electron chi connectivity index (χ2n) is 5.46. The van der Waals surface area contributed by atoms with Crippen LogP contribution in [0.4, 0.5) is 4.79 Å². The molecule has 0 saturated carbocycles. The number of amides is 2. The molecule has 3 atom stereocenters. The van der Waals surface area contributed by atoms with E-state index < -0.39 is 10.8 Å². The molecule has 0 radical (unpaired) electrons. The van der Waals surface area contributed by atoms with Crippen LogP contribution in [0.2, 0.25) is 5.02 Å². The number of ether oxygens (including phenoxy) is 1. The van der Waals surface area contributed by atoms with Crippen LogP contribution in [0.5, 0.6) is 5.75 Å². The van der Waals surface area contributed by atoms with Gasteiger partial charge in [-0.3, -0.25) is 4.21 Å². The van der Waals surface area contributed by atoms with Crippen molar-refractivity contribution in [3.63, 3.8) is 0 Å². The number of hydrogen-bond acceptors (Lipinski definition) is 3. The molecule has 5 nitrogen and oxygen atoms in total. The van der Waals surface area contributed by atoms with Crippen LogP contribution in [-0.2, 0) is 10.8 Å². The fourth-order valence-corrected chi connectivity index (χ4v) is 3.56. The molecule has 22 heavy (non-hydrogen) atoms. The third-order valence-corrected chi connectivity index (χ3v) is 4.69. The number of nitrogens with one attached hydrogen (secondary N) is 2. The highest BCUT2D eigenvalue weighted by Crippen LogP contribution is 2.36. The van der Waals surface area contributed by atoms with Crippen LogP contribution in [-0.4, -0.2) is 34.9 Å². The van der Waals surface area contributed by atoms with Gasteiger partial charge >= 0.3 is 6.03 Å². The molecule has 0 spiro atoms. The van der Waals surface area contributed by atoms with Crippen molar-refractivity contribution in [2.24, 2.45) is 0 Å². The average molecular weight is 345 g/mol. The van der Waals surface area contributed by atoms with Crippen molar-refractivity contribution in [1.29, 1.82) is 0 Å². The highest BCUT2D eigenvalue weighted by molar-refractivity contribution is 7.84. The molecule has 1 aromatic rings. The highest BCUT2D eigenvalue weighted by atomic mass is 35.5. The lowest BCUT2D eigenvalue weighted by Gasteiger charge is -2.21. The van der Waals surface area contributed by atoms with Crippen LogP contribution >= 0.6 is 11.6 Å². The van der Waals surface area contributed by atoms with Crippen molar-refractivity contribution in [1.82, 2.24) is 10.6 Å². The van der Waals surface area contributed by atoms with E-state index in [0.29, 0.717) is 23.1 Å². The number of carbonyl (C=O) groups is 1. The zero-order valence-corrected chi connectivity index (χ0v) is 14.3. The third kappa shape index (κ3) is 4.61. The van der Waals surface area contributed by atoms with E-state index in [2.05, 4.69) is 10.6 Å². The molecule has 7 heteroatoms. The number of hydrogen-bond donors (Lipinski definition) is 2. The average Bonchev–Trinajstić information content (AvgIpc) is 2.61. The molecule has 122 valence electrons. The minimum Gasteiger partial charge on any atom is -0.492 e. The van der Waals surface area contributed by atoms with E-state index in [9.17, 15) is 9.00 Å². The lowest BCUT2D eigenvalue weighted by atomic mass is 10.0. The number of urea groups is 1. The van der Waals surface area contributed by atoms with Crippen molar-refractivity contribution in [2.75, 3.05) is 18.6 Å². The number of fused-ring (bicyclic) bond motifs is 1. The van der Waals surface area contributed by atoms with Gasteiger partial charge in [0.25, 0.3) is 0 Å². The summed E-state index contributed by atoms with van der Waals surface area (Å²) < 4.78 is 16.9. The van der Waals surface area contributed by atoms with Gasteiger partial charge in [-0.15, -0.1) is 0 Å². The number of rotatable bonds is 4. The zero-order valence-electron chi connectivity index (χ0n) is 12.7. The van der Waals surface area contributed by atoms with E-state index in [1.807, 2.05) is 19.1 Å². The van der Waals surface area contributed by atoms with E-state index >= 15 is 0 Å². The minimum atomic E-state index is -0.941. The van der Waals surface area contributed by atoms with Crippen LogP contribution in [0, 0.1) is 0 Å². The second-order valence-corrected chi connectivity index (χ2v) is 7.35. The maximum Gasteiger partial charge on any atom is 0.315 e. The minimum absolute atomic E-state index is 0.143. The Morgan fingerprint density at radius 1 is 1.55 bits per heavy atom. The van der Waals surface area contributed by atoms with Crippen LogP contribution in [0.1, 0.15) is 31.4 Å². The summed E-state index contributed by atoms with van der Waals surface area (Å²) in [4.78, 5) is 12.1. The SMILES string of the molecule is C[C@H](C[S@](C)=O)NC(=O)N[C@@H]1CCCOc2c(Cl)cccc21. The van der Waals surface area contributed by atoms with E-state index in [4.69, 9.17) is 16.3 Å². The highest BCUT2D eigenvalue weighted by Gasteiger charge is 2.23. The Hall–Kier alpha value is -1.27. The first-order valence-electron chi connectivity index (χ1n) is 7.25. The van der Waals surface area contributed by atoms with Crippen molar-refractivity contribution in [3.8, 4) is 5.75 Å². The standard InChI is InChI=1S/C15H21ClN2O3S/c1-10(9-22(2)20)17-15(19)18-13-7-4-8-21-14-11(13)5-3-6-12(14)16/h3,5-6,10,13H,4,7-9H2,1-2H3,(H2,17,18,19)/t10-,13-,22+/m1/s1. The van der Waals surface area contributed by atoms with Crippen LogP contribution in [0.3, 0.4) is 0 Å². The molecule has 1 aliphatic heterocycles. The molecule has 1 heterocycles. The van der Waals surface area contributed by atoms with Crippen LogP contribution in [0.25, 0.3) is 0 Å². The molecule has 0 bridgehead atoms. The Labute approximate surface area is 138 Å². The third-order valence-electron chi connectivity index (χ3n) is 3.42. The summed E-state index contributed by atoms with van der Waals surface area (Å²) in [6.07, 6.45) is 3.25. The number of carbonyl (C=O) groups excluding carboxylic acids is 1. The monoisotopic (exact) mass is 344 g/mol. The van der Waals surface area contributed by atoms with E-state index in [1.54, 1.807) is 12.3 Å². The smallest absolute Gasteiger partial charge is 0.315 e. The maximum absolute atomic E-state index is 12.1. The molecule has 2 N–H and O–H groups in total. The van der Waals surface area contributed by atoms with Crippen molar-refractivity contribution < 1.29 is 13.7 Å². The van der Waals surface area contributed by atoms with Gasteiger partial charge in [0.05, 0.1) is 17.7 Å². The molecule has 0 unspecified atom stereocenters. The molecule has 2 amide bonds. The number of halogens is 1.